The molecule has 2 unspecified atom stereocenters. The SMILES string of the molecule is CC(C(C)(C)CC(C)(C)C)C(C)(C)C(C)(C)c1ccc(Oc2ccc(C(C)(C)C(C)(C)C(C)C(C)(C)CC(C)(C)C)cc2)cc1. The van der Waals surface area contributed by atoms with Crippen molar-refractivity contribution in [3.63, 3.8) is 0 Å². The van der Waals surface area contributed by atoms with Crippen LogP contribution in [0.3, 0.4) is 0 Å². The summed E-state index contributed by atoms with van der Waals surface area (Å²) in [5, 5.41) is 0. The monoisotopic (exact) mass is 619 g/mol. The number of hydrogen-bond donors (Lipinski definition) is 0. The smallest absolute Gasteiger partial charge is 0.127 e. The van der Waals surface area contributed by atoms with E-state index in [9.17, 15) is 0 Å². The Morgan fingerprint density at radius 3 is 0.889 bits per heavy atom. The maximum Gasteiger partial charge on any atom is 0.127 e. The summed E-state index contributed by atoms with van der Waals surface area (Å²) in [6, 6.07) is 17.7. The van der Waals surface area contributed by atoms with Gasteiger partial charge in [-0.1, -0.05) is 163 Å². The fourth-order valence-electron chi connectivity index (χ4n) is 8.84. The molecular weight excluding hydrogens is 544 g/mol. The molecule has 0 fully saturated rings. The van der Waals surface area contributed by atoms with Crippen LogP contribution >= 0.6 is 0 Å². The summed E-state index contributed by atoms with van der Waals surface area (Å²) < 4.78 is 6.40. The van der Waals surface area contributed by atoms with E-state index in [0.29, 0.717) is 22.7 Å². The van der Waals surface area contributed by atoms with Crippen LogP contribution in [-0.2, 0) is 10.8 Å². The molecular formula is C44H74O. The van der Waals surface area contributed by atoms with Crippen molar-refractivity contribution in [2.24, 2.45) is 44.3 Å². The van der Waals surface area contributed by atoms with Gasteiger partial charge in [-0.3, -0.25) is 0 Å². The Bertz CT molecular complexity index is 1130. The number of rotatable bonds is 12. The summed E-state index contributed by atoms with van der Waals surface area (Å²) in [6.07, 6.45) is 2.41. The first-order valence-corrected chi connectivity index (χ1v) is 17.8. The lowest BCUT2D eigenvalue weighted by Gasteiger charge is -2.53. The van der Waals surface area contributed by atoms with Crippen molar-refractivity contribution in [1.82, 2.24) is 0 Å². The van der Waals surface area contributed by atoms with Crippen molar-refractivity contribution in [2.75, 3.05) is 0 Å². The molecule has 0 aliphatic carbocycles. The average Bonchev–Trinajstić information content (AvgIpc) is 2.85. The third-order valence-corrected chi connectivity index (χ3v) is 13.1. The molecule has 0 aromatic heterocycles. The minimum absolute atomic E-state index is 0.00127. The van der Waals surface area contributed by atoms with Gasteiger partial charge in [-0.25, -0.2) is 0 Å². The molecule has 0 bridgehead atoms. The van der Waals surface area contributed by atoms with Crippen molar-refractivity contribution in [3.8, 4) is 11.5 Å². The maximum absolute atomic E-state index is 6.40. The zero-order valence-corrected chi connectivity index (χ0v) is 33.6. The van der Waals surface area contributed by atoms with Crippen LogP contribution in [0.15, 0.2) is 48.5 Å². The van der Waals surface area contributed by atoms with Gasteiger partial charge in [0.15, 0.2) is 0 Å². The molecule has 1 heteroatoms. The van der Waals surface area contributed by atoms with Crippen LogP contribution in [0.25, 0.3) is 0 Å². The van der Waals surface area contributed by atoms with Crippen LogP contribution in [0.2, 0.25) is 0 Å². The lowest BCUT2D eigenvalue weighted by Crippen LogP contribution is -2.47. The lowest BCUT2D eigenvalue weighted by atomic mass is 9.52. The van der Waals surface area contributed by atoms with Crippen LogP contribution < -0.4 is 4.74 Å². The van der Waals surface area contributed by atoms with Gasteiger partial charge >= 0.3 is 0 Å². The first-order valence-electron chi connectivity index (χ1n) is 17.8. The van der Waals surface area contributed by atoms with Crippen LogP contribution in [0, 0.1) is 44.3 Å². The molecule has 0 N–H and O–H groups in total. The van der Waals surface area contributed by atoms with E-state index >= 15 is 0 Å². The third-order valence-electron chi connectivity index (χ3n) is 13.1. The van der Waals surface area contributed by atoms with Crippen molar-refractivity contribution >= 4 is 0 Å². The second kappa shape index (κ2) is 12.7. The molecule has 0 saturated heterocycles. The average molecular weight is 619 g/mol. The number of ether oxygens (including phenoxy) is 1. The molecule has 0 aliphatic heterocycles. The highest BCUT2D eigenvalue weighted by Crippen LogP contribution is 2.56. The number of benzene rings is 2. The minimum atomic E-state index is -0.00127. The largest absolute Gasteiger partial charge is 0.457 e. The molecule has 0 spiro atoms. The molecule has 2 aromatic carbocycles. The van der Waals surface area contributed by atoms with E-state index in [1.165, 1.54) is 24.0 Å². The Morgan fingerprint density at radius 1 is 0.422 bits per heavy atom. The van der Waals surface area contributed by atoms with E-state index in [1.807, 2.05) is 0 Å². The fraction of sp³-hybridized carbons (Fsp3) is 0.727. The summed E-state index contributed by atoms with van der Waals surface area (Å²) in [7, 11) is 0. The lowest BCUT2D eigenvalue weighted by molar-refractivity contribution is 0.00476. The topological polar surface area (TPSA) is 9.23 Å². The van der Waals surface area contributed by atoms with Crippen molar-refractivity contribution in [2.45, 2.75) is 162 Å². The highest BCUT2D eigenvalue weighted by molar-refractivity contribution is 5.39. The molecule has 1 nitrogen and oxygen atoms in total. The van der Waals surface area contributed by atoms with Crippen LogP contribution in [0.5, 0.6) is 11.5 Å². The van der Waals surface area contributed by atoms with E-state index in [2.05, 4.69) is 187 Å². The van der Waals surface area contributed by atoms with E-state index in [-0.39, 0.29) is 32.5 Å². The minimum Gasteiger partial charge on any atom is -0.457 e. The molecule has 0 radical (unpaired) electrons. The third kappa shape index (κ3) is 8.78. The molecule has 0 saturated carbocycles. The summed E-state index contributed by atoms with van der Waals surface area (Å²) in [5.41, 5.74) is 4.00. The Morgan fingerprint density at radius 2 is 0.667 bits per heavy atom. The molecule has 0 heterocycles. The summed E-state index contributed by atoms with van der Waals surface area (Å²) in [5.74, 6) is 2.85. The van der Waals surface area contributed by atoms with E-state index in [4.69, 9.17) is 4.74 Å². The molecule has 2 aromatic rings. The van der Waals surface area contributed by atoms with Gasteiger partial charge in [0.05, 0.1) is 0 Å². The van der Waals surface area contributed by atoms with E-state index in [0.717, 1.165) is 11.5 Å². The van der Waals surface area contributed by atoms with Gasteiger partial charge in [0, 0.05) is 0 Å². The predicted octanol–water partition coefficient (Wildman–Crippen LogP) is 14.3. The van der Waals surface area contributed by atoms with Gasteiger partial charge < -0.3 is 4.74 Å². The first kappa shape index (κ1) is 39.4. The van der Waals surface area contributed by atoms with E-state index < -0.39 is 0 Å². The van der Waals surface area contributed by atoms with Gasteiger partial charge in [-0.15, -0.1) is 0 Å². The van der Waals surface area contributed by atoms with Crippen molar-refractivity contribution in [3.05, 3.63) is 59.7 Å². The summed E-state index contributed by atoms with van der Waals surface area (Å²) in [4.78, 5) is 0. The molecule has 0 aliphatic rings. The fourth-order valence-corrected chi connectivity index (χ4v) is 8.84. The highest BCUT2D eigenvalue weighted by Gasteiger charge is 2.49. The van der Waals surface area contributed by atoms with Gasteiger partial charge in [-0.2, -0.15) is 0 Å². The Labute approximate surface area is 281 Å². The van der Waals surface area contributed by atoms with Crippen LogP contribution in [-0.4, -0.2) is 0 Å². The molecule has 256 valence electrons. The maximum atomic E-state index is 6.40. The highest BCUT2D eigenvalue weighted by atomic mass is 16.5. The quantitative estimate of drug-likeness (QED) is 0.230. The van der Waals surface area contributed by atoms with Crippen LogP contribution in [0.1, 0.15) is 162 Å². The normalized spacial score (nSPS) is 16.0. The predicted molar refractivity (Wildman–Crippen MR) is 201 cm³/mol. The summed E-state index contributed by atoms with van der Waals surface area (Å²) >= 11 is 0. The van der Waals surface area contributed by atoms with Crippen molar-refractivity contribution < 1.29 is 4.74 Å². The second-order valence-corrected chi connectivity index (χ2v) is 20.7. The first-order chi connectivity index (χ1) is 19.9. The molecule has 2 rings (SSSR count). The molecule has 2 atom stereocenters. The Kier molecular flexibility index (Phi) is 11.1. The molecule has 0 amide bonds. The van der Waals surface area contributed by atoms with Crippen LogP contribution in [0.4, 0.5) is 0 Å². The molecule has 45 heavy (non-hydrogen) atoms. The second-order valence-electron chi connectivity index (χ2n) is 20.7. The summed E-state index contributed by atoms with van der Waals surface area (Å²) in [6.45, 7) is 48.5. The zero-order chi connectivity index (χ0) is 35.2. The van der Waals surface area contributed by atoms with Gasteiger partial charge in [0.25, 0.3) is 0 Å². The Balaban J connectivity index is 2.25. The Hall–Kier alpha value is -1.76. The number of hydrogen-bond acceptors (Lipinski definition) is 1. The van der Waals surface area contributed by atoms with E-state index in [1.54, 1.807) is 0 Å². The zero-order valence-electron chi connectivity index (χ0n) is 33.6. The van der Waals surface area contributed by atoms with Gasteiger partial charge in [0.1, 0.15) is 11.5 Å². The van der Waals surface area contributed by atoms with Gasteiger partial charge in [0.2, 0.25) is 0 Å². The standard InChI is InChI=1S/C44H74O/c1-31(39(9,10)29-37(3,4)5)41(13,14)43(17,18)33-21-25-35(26-22-33)45-36-27-23-34(24-28-36)44(19,20)42(15,16)32(2)40(11,12)30-38(6,7)8/h21-28,31-32H,29-30H2,1-20H3. The van der Waals surface area contributed by atoms with Gasteiger partial charge in [-0.05, 0) is 103 Å². The van der Waals surface area contributed by atoms with Crippen molar-refractivity contribution in [1.29, 1.82) is 0 Å².